The van der Waals surface area contributed by atoms with Crippen molar-refractivity contribution >= 4 is 11.6 Å². The van der Waals surface area contributed by atoms with Crippen LogP contribution in [0.4, 0.5) is 10.2 Å². The van der Waals surface area contributed by atoms with E-state index in [4.69, 9.17) is 9.84 Å². The SMILES string of the molecule is Cc1nn(-c2ccc(F)cc2)c2c1C(c1ccc(OCc3ccccc3)cc1)C1=C(CCCC1=O)N2. The van der Waals surface area contributed by atoms with Gasteiger partial charge in [-0.05, 0) is 67.3 Å². The van der Waals surface area contributed by atoms with Crippen LogP contribution in [0.25, 0.3) is 5.69 Å². The van der Waals surface area contributed by atoms with Crippen molar-refractivity contribution in [3.05, 3.63) is 118 Å². The zero-order valence-corrected chi connectivity index (χ0v) is 20.0. The van der Waals surface area contributed by atoms with E-state index in [0.29, 0.717) is 13.0 Å². The molecule has 0 saturated heterocycles. The highest BCUT2D eigenvalue weighted by Gasteiger charge is 2.38. The van der Waals surface area contributed by atoms with Crippen molar-refractivity contribution in [1.29, 1.82) is 0 Å². The summed E-state index contributed by atoms with van der Waals surface area (Å²) in [7, 11) is 0. The number of anilines is 1. The first kappa shape index (κ1) is 22.3. The topological polar surface area (TPSA) is 56.2 Å². The molecule has 0 fully saturated rings. The maximum Gasteiger partial charge on any atom is 0.161 e. The summed E-state index contributed by atoms with van der Waals surface area (Å²) in [6, 6.07) is 24.4. The molecule has 1 aliphatic heterocycles. The Morgan fingerprint density at radius 3 is 2.50 bits per heavy atom. The first-order valence-corrected chi connectivity index (χ1v) is 12.2. The molecule has 36 heavy (non-hydrogen) atoms. The Hall–Kier alpha value is -4.19. The lowest BCUT2D eigenvalue weighted by atomic mass is 9.76. The first-order chi connectivity index (χ1) is 17.6. The summed E-state index contributed by atoms with van der Waals surface area (Å²) >= 11 is 0. The highest BCUT2D eigenvalue weighted by atomic mass is 19.1. The van der Waals surface area contributed by atoms with Gasteiger partial charge in [-0.15, -0.1) is 0 Å². The maximum absolute atomic E-state index is 13.6. The average Bonchev–Trinajstić information content (AvgIpc) is 3.24. The summed E-state index contributed by atoms with van der Waals surface area (Å²) in [6.07, 6.45) is 2.18. The molecule has 0 spiro atoms. The Kier molecular flexibility index (Phi) is 5.64. The van der Waals surface area contributed by atoms with Crippen molar-refractivity contribution in [1.82, 2.24) is 9.78 Å². The third-order valence-electron chi connectivity index (χ3n) is 6.94. The second-order valence-electron chi connectivity index (χ2n) is 9.31. The van der Waals surface area contributed by atoms with Gasteiger partial charge in [-0.1, -0.05) is 42.5 Å². The van der Waals surface area contributed by atoms with Gasteiger partial charge in [-0.2, -0.15) is 5.10 Å². The molecule has 0 amide bonds. The van der Waals surface area contributed by atoms with E-state index < -0.39 is 0 Å². The summed E-state index contributed by atoms with van der Waals surface area (Å²) in [6.45, 7) is 2.46. The van der Waals surface area contributed by atoms with Crippen molar-refractivity contribution in [2.45, 2.75) is 38.7 Å². The third kappa shape index (κ3) is 3.98. The number of halogens is 1. The molecule has 0 radical (unpaired) electrons. The van der Waals surface area contributed by atoms with Crippen LogP contribution in [-0.4, -0.2) is 15.6 Å². The minimum absolute atomic E-state index is 0.178. The van der Waals surface area contributed by atoms with Gasteiger partial charge in [0, 0.05) is 29.2 Å². The molecule has 2 aliphatic rings. The lowest BCUT2D eigenvalue weighted by Crippen LogP contribution is -2.27. The molecule has 1 aliphatic carbocycles. The van der Waals surface area contributed by atoms with Gasteiger partial charge in [0.2, 0.25) is 0 Å². The van der Waals surface area contributed by atoms with Gasteiger partial charge in [0.15, 0.2) is 5.78 Å². The molecule has 0 saturated carbocycles. The molecule has 1 atom stereocenters. The normalized spacial score (nSPS) is 16.8. The lowest BCUT2D eigenvalue weighted by Gasteiger charge is -2.33. The van der Waals surface area contributed by atoms with E-state index in [9.17, 15) is 9.18 Å². The van der Waals surface area contributed by atoms with E-state index in [1.54, 1.807) is 12.1 Å². The number of ether oxygens (including phenoxy) is 1. The molecule has 6 rings (SSSR count). The molecule has 5 nitrogen and oxygen atoms in total. The number of hydrogen-bond acceptors (Lipinski definition) is 4. The van der Waals surface area contributed by atoms with Gasteiger partial charge in [-0.25, -0.2) is 9.07 Å². The van der Waals surface area contributed by atoms with Crippen LogP contribution in [0, 0.1) is 12.7 Å². The molecule has 1 N–H and O–H groups in total. The standard InChI is InChI=1S/C30H26FN3O2/c1-19-27-28(21-10-16-24(17-11-21)36-18-20-6-3-2-4-7-20)29-25(8-5-9-26(29)35)32-30(27)34(33-19)23-14-12-22(31)13-15-23/h2-4,6-7,10-17,28,32H,5,8-9,18H2,1H3. The lowest BCUT2D eigenvalue weighted by molar-refractivity contribution is -0.116. The molecule has 4 aromatic rings. The predicted molar refractivity (Wildman–Crippen MR) is 137 cm³/mol. The molecule has 2 heterocycles. The van der Waals surface area contributed by atoms with Crippen LogP contribution in [0.3, 0.4) is 0 Å². The fourth-order valence-corrected chi connectivity index (χ4v) is 5.22. The number of benzene rings is 3. The highest BCUT2D eigenvalue weighted by Crippen LogP contribution is 2.47. The fraction of sp³-hybridized carbons (Fsp3) is 0.200. The highest BCUT2D eigenvalue weighted by molar-refractivity contribution is 6.01. The van der Waals surface area contributed by atoms with Crippen LogP contribution in [0.5, 0.6) is 5.75 Å². The number of carbonyl (C=O) groups is 1. The number of aryl methyl sites for hydroxylation is 1. The zero-order valence-electron chi connectivity index (χ0n) is 20.0. The van der Waals surface area contributed by atoms with Gasteiger partial charge in [0.25, 0.3) is 0 Å². The molecule has 180 valence electrons. The average molecular weight is 480 g/mol. The number of fused-ring (bicyclic) bond motifs is 1. The van der Waals surface area contributed by atoms with E-state index in [-0.39, 0.29) is 17.5 Å². The number of rotatable bonds is 5. The molecular weight excluding hydrogens is 453 g/mol. The van der Waals surface area contributed by atoms with E-state index in [1.165, 1.54) is 12.1 Å². The summed E-state index contributed by atoms with van der Waals surface area (Å²) < 4.78 is 21.4. The Morgan fingerprint density at radius 2 is 1.75 bits per heavy atom. The quantitative estimate of drug-likeness (QED) is 0.357. The minimum Gasteiger partial charge on any atom is -0.489 e. The molecule has 3 aromatic carbocycles. The van der Waals surface area contributed by atoms with Gasteiger partial charge < -0.3 is 10.1 Å². The second-order valence-corrected chi connectivity index (χ2v) is 9.31. The number of carbonyl (C=O) groups excluding carboxylic acids is 1. The van der Waals surface area contributed by atoms with E-state index in [0.717, 1.165) is 63.8 Å². The van der Waals surface area contributed by atoms with E-state index >= 15 is 0 Å². The van der Waals surface area contributed by atoms with Crippen LogP contribution in [0.1, 0.15) is 47.6 Å². The van der Waals surface area contributed by atoms with Gasteiger partial charge in [0.1, 0.15) is 24.0 Å². The van der Waals surface area contributed by atoms with E-state index in [1.807, 2.05) is 66.2 Å². The molecule has 6 heteroatoms. The number of allylic oxidation sites excluding steroid dienone is 2. The van der Waals surface area contributed by atoms with E-state index in [2.05, 4.69) is 5.32 Å². The van der Waals surface area contributed by atoms with Crippen molar-refractivity contribution in [2.75, 3.05) is 5.32 Å². The Morgan fingerprint density at radius 1 is 1.00 bits per heavy atom. The first-order valence-electron chi connectivity index (χ1n) is 12.2. The number of ketones is 1. The van der Waals surface area contributed by atoms with Gasteiger partial charge in [-0.3, -0.25) is 4.79 Å². The fourth-order valence-electron chi connectivity index (χ4n) is 5.22. The van der Waals surface area contributed by atoms with Crippen molar-refractivity contribution in [3.63, 3.8) is 0 Å². The van der Waals surface area contributed by atoms with Crippen LogP contribution in [0.15, 0.2) is 90.1 Å². The largest absolute Gasteiger partial charge is 0.489 e. The molecule has 1 unspecified atom stereocenters. The van der Waals surface area contributed by atoms with Gasteiger partial charge in [0.05, 0.1) is 11.4 Å². The van der Waals surface area contributed by atoms with Crippen LogP contribution in [0.2, 0.25) is 0 Å². The molecule has 1 aromatic heterocycles. The Balaban J connectivity index is 1.39. The number of aromatic nitrogens is 2. The van der Waals surface area contributed by atoms with Crippen molar-refractivity contribution < 1.29 is 13.9 Å². The number of nitrogens with one attached hydrogen (secondary N) is 1. The van der Waals surface area contributed by atoms with Crippen molar-refractivity contribution in [3.8, 4) is 11.4 Å². The predicted octanol–water partition coefficient (Wildman–Crippen LogP) is 6.46. The maximum atomic E-state index is 13.6. The van der Waals surface area contributed by atoms with Crippen molar-refractivity contribution in [2.24, 2.45) is 0 Å². The van der Waals surface area contributed by atoms with Crippen LogP contribution >= 0.6 is 0 Å². The van der Waals surface area contributed by atoms with Crippen LogP contribution in [-0.2, 0) is 11.4 Å². The minimum atomic E-state index is -0.292. The smallest absolute Gasteiger partial charge is 0.161 e. The second kappa shape index (κ2) is 9.11. The molecule has 0 bridgehead atoms. The summed E-state index contributed by atoms with van der Waals surface area (Å²) in [5.74, 6) is 1.28. The Labute approximate surface area is 209 Å². The summed E-state index contributed by atoms with van der Waals surface area (Å²) in [5, 5.41) is 8.32. The molecular formula is C30H26FN3O2. The number of nitrogens with zero attached hydrogens (tertiary/aromatic N) is 2. The third-order valence-corrected chi connectivity index (χ3v) is 6.94. The van der Waals surface area contributed by atoms with Crippen LogP contribution < -0.4 is 10.1 Å². The Bertz CT molecular complexity index is 1450. The number of hydrogen-bond donors (Lipinski definition) is 1. The monoisotopic (exact) mass is 479 g/mol. The number of Topliss-reactive ketones (excluding diaryl/α,β-unsaturated/α-hetero) is 1. The van der Waals surface area contributed by atoms with Gasteiger partial charge >= 0.3 is 0 Å². The summed E-state index contributed by atoms with van der Waals surface area (Å²) in [5.41, 5.74) is 6.49. The summed E-state index contributed by atoms with van der Waals surface area (Å²) in [4.78, 5) is 13.2. The zero-order chi connectivity index (χ0) is 24.6.